The van der Waals surface area contributed by atoms with E-state index in [0.29, 0.717) is 23.2 Å². The highest BCUT2D eigenvalue weighted by Gasteiger charge is 2.62. The number of aromatic nitrogens is 1. The minimum absolute atomic E-state index is 0.138. The van der Waals surface area contributed by atoms with E-state index < -0.39 is 68.0 Å². The van der Waals surface area contributed by atoms with Crippen LogP contribution in [0.25, 0.3) is 0 Å². The number of carbonyl (C=O) groups is 4. The number of nitrogens with one attached hydrogen (secondary N) is 3. The van der Waals surface area contributed by atoms with Gasteiger partial charge in [0.05, 0.1) is 19.0 Å². The molecule has 3 aliphatic rings. The lowest BCUT2D eigenvalue weighted by Gasteiger charge is -2.35. The van der Waals surface area contributed by atoms with E-state index in [9.17, 15) is 27.6 Å². The zero-order valence-electron chi connectivity index (χ0n) is 24.6. The van der Waals surface area contributed by atoms with Crippen molar-refractivity contribution in [3.8, 4) is 5.75 Å². The summed E-state index contributed by atoms with van der Waals surface area (Å²) < 4.78 is 38.4. The highest BCUT2D eigenvalue weighted by atomic mass is 79.9. The Kier molecular flexibility index (Phi) is 9.45. The fourth-order valence-electron chi connectivity index (χ4n) is 5.23. The van der Waals surface area contributed by atoms with Gasteiger partial charge in [0.1, 0.15) is 28.0 Å². The Morgan fingerprint density at radius 2 is 1.98 bits per heavy atom. The van der Waals surface area contributed by atoms with Crippen molar-refractivity contribution >= 4 is 49.8 Å². The molecule has 2 heterocycles. The number of carbonyl (C=O) groups excluding carboxylic acids is 4. The second kappa shape index (κ2) is 12.4. The van der Waals surface area contributed by atoms with Gasteiger partial charge in [-0.1, -0.05) is 26.8 Å². The molecule has 0 aromatic carbocycles. The van der Waals surface area contributed by atoms with Gasteiger partial charge in [-0.25, -0.2) is 18.2 Å². The number of amides is 4. The van der Waals surface area contributed by atoms with Gasteiger partial charge >= 0.3 is 6.09 Å². The molecule has 43 heavy (non-hydrogen) atoms. The molecule has 1 aromatic heterocycles. The van der Waals surface area contributed by atoms with Crippen molar-refractivity contribution in [2.45, 2.75) is 69.3 Å². The number of nitrogens with zero attached hydrogens (tertiary/aromatic N) is 2. The summed E-state index contributed by atoms with van der Waals surface area (Å²) in [5.41, 5.74) is -2.24. The van der Waals surface area contributed by atoms with E-state index >= 15 is 0 Å². The molecule has 1 saturated heterocycles. The summed E-state index contributed by atoms with van der Waals surface area (Å²) in [6.45, 7) is 9.37. The Hall–Kier alpha value is -3.20. The van der Waals surface area contributed by atoms with Crippen molar-refractivity contribution in [2.75, 3.05) is 20.3 Å². The summed E-state index contributed by atoms with van der Waals surface area (Å²) in [5, 5.41) is 4.73. The summed E-state index contributed by atoms with van der Waals surface area (Å²) in [5.74, 6) is -2.15. The van der Waals surface area contributed by atoms with Gasteiger partial charge in [-0.2, -0.15) is 0 Å². The van der Waals surface area contributed by atoms with Gasteiger partial charge in [-0.3, -0.25) is 19.1 Å². The quantitative estimate of drug-likeness (QED) is 0.232. The number of ether oxygens (including phenoxy) is 2. The van der Waals surface area contributed by atoms with Gasteiger partial charge < -0.3 is 25.0 Å². The molecule has 3 fully saturated rings. The molecule has 0 bridgehead atoms. The van der Waals surface area contributed by atoms with Crippen LogP contribution in [-0.4, -0.2) is 85.3 Å². The van der Waals surface area contributed by atoms with Crippen LogP contribution in [0.4, 0.5) is 4.79 Å². The van der Waals surface area contributed by atoms with Gasteiger partial charge in [0.25, 0.3) is 5.91 Å². The van der Waals surface area contributed by atoms with Crippen LogP contribution in [0.3, 0.4) is 0 Å². The van der Waals surface area contributed by atoms with E-state index in [1.54, 1.807) is 39.1 Å². The van der Waals surface area contributed by atoms with Crippen molar-refractivity contribution < 1.29 is 37.1 Å². The number of methoxy groups -OCH3 is 1. The van der Waals surface area contributed by atoms with Crippen LogP contribution in [0.1, 0.15) is 46.5 Å². The number of alkyl carbamates (subject to hydrolysis) is 1. The maximum Gasteiger partial charge on any atom is 0.407 e. The SMILES string of the molecule is C=C[C@H]1C[C@]1(NC(=O)[C@@H]1C[C@@H](COc2ccnc(Br)c2)CN1C(=O)[C@@H](NC(=O)OC)C(C)(C)C)C(=O)NS(=O)(=O)C1CC1. The summed E-state index contributed by atoms with van der Waals surface area (Å²) in [4.78, 5) is 58.7. The van der Waals surface area contributed by atoms with Crippen molar-refractivity contribution in [1.82, 2.24) is 25.2 Å². The minimum atomic E-state index is -3.85. The number of pyridine rings is 1. The van der Waals surface area contributed by atoms with E-state index in [0.717, 1.165) is 0 Å². The lowest BCUT2D eigenvalue weighted by molar-refractivity contribution is -0.142. The Balaban J connectivity index is 1.57. The van der Waals surface area contributed by atoms with Crippen molar-refractivity contribution in [1.29, 1.82) is 0 Å². The third-order valence-corrected chi connectivity index (χ3v) is 10.2. The van der Waals surface area contributed by atoms with Crippen LogP contribution in [0.2, 0.25) is 0 Å². The molecule has 0 unspecified atom stereocenters. The molecular formula is C28H38BrN5O8S. The van der Waals surface area contributed by atoms with E-state index in [1.165, 1.54) is 18.1 Å². The summed E-state index contributed by atoms with van der Waals surface area (Å²) >= 11 is 3.30. The van der Waals surface area contributed by atoms with Crippen molar-refractivity contribution in [2.24, 2.45) is 17.3 Å². The molecule has 5 atom stereocenters. The molecule has 236 valence electrons. The normalized spacial score (nSPS) is 25.7. The van der Waals surface area contributed by atoms with Crippen LogP contribution >= 0.6 is 15.9 Å². The smallest absolute Gasteiger partial charge is 0.407 e. The Bertz CT molecular complexity index is 1400. The fourth-order valence-corrected chi connectivity index (χ4v) is 6.94. The van der Waals surface area contributed by atoms with E-state index in [-0.39, 0.29) is 31.9 Å². The predicted octanol–water partition coefficient (Wildman–Crippen LogP) is 1.88. The Labute approximate surface area is 259 Å². The molecule has 2 aliphatic carbocycles. The standard InChI is InChI=1S/C28H38BrN5O8S/c1-6-17-13-28(17,25(37)33-43(39,40)19-7-8-19)32-23(35)20-11-16(15-42-18-9-10-30-21(29)12-18)14-34(20)24(36)22(27(2,3)4)31-26(38)41-5/h6,9-10,12,16-17,19-20,22H,1,7-8,11,13-15H2,2-5H3,(H,31,38)(H,32,35)(H,33,37)/t16-,17+,20+,22-,28-/m1/s1. The van der Waals surface area contributed by atoms with Gasteiger partial charge in [-0.15, -0.1) is 6.58 Å². The first kappa shape index (κ1) is 32.7. The van der Waals surface area contributed by atoms with Crippen molar-refractivity contribution in [3.05, 3.63) is 35.6 Å². The van der Waals surface area contributed by atoms with E-state index in [1.807, 2.05) is 0 Å². The monoisotopic (exact) mass is 683 g/mol. The molecule has 2 saturated carbocycles. The van der Waals surface area contributed by atoms with Crippen molar-refractivity contribution in [3.63, 3.8) is 0 Å². The number of hydrogen-bond acceptors (Lipinski definition) is 9. The Morgan fingerprint density at radius 3 is 2.53 bits per heavy atom. The number of halogens is 1. The summed E-state index contributed by atoms with van der Waals surface area (Å²) in [7, 11) is -2.66. The molecule has 4 rings (SSSR count). The molecule has 1 aliphatic heterocycles. The predicted molar refractivity (Wildman–Crippen MR) is 159 cm³/mol. The first-order chi connectivity index (χ1) is 20.1. The molecule has 13 nitrogen and oxygen atoms in total. The fraction of sp³-hybridized carbons (Fsp3) is 0.607. The Morgan fingerprint density at radius 1 is 1.28 bits per heavy atom. The van der Waals surface area contributed by atoms with Gasteiger partial charge in [0, 0.05) is 30.6 Å². The van der Waals surface area contributed by atoms with Gasteiger partial charge in [-0.05, 0) is 53.1 Å². The van der Waals surface area contributed by atoms with Crippen LogP contribution in [-0.2, 0) is 29.1 Å². The van der Waals surface area contributed by atoms with Crippen LogP contribution in [0.15, 0.2) is 35.6 Å². The zero-order chi connectivity index (χ0) is 31.7. The average Bonchev–Trinajstić information content (AvgIpc) is 3.86. The lowest BCUT2D eigenvalue weighted by Crippen LogP contribution is -2.60. The number of rotatable bonds is 11. The molecule has 0 spiro atoms. The number of sulfonamides is 1. The summed E-state index contributed by atoms with van der Waals surface area (Å²) in [6.07, 6.45) is 3.60. The number of likely N-dealkylation sites (tertiary alicyclic amines) is 1. The molecular weight excluding hydrogens is 646 g/mol. The van der Waals surface area contributed by atoms with E-state index in [4.69, 9.17) is 9.47 Å². The second-order valence-electron chi connectivity index (χ2n) is 12.4. The molecule has 4 amide bonds. The average molecular weight is 685 g/mol. The third-order valence-electron chi connectivity index (χ3n) is 7.97. The number of hydrogen-bond donors (Lipinski definition) is 3. The van der Waals surface area contributed by atoms with Crippen LogP contribution in [0.5, 0.6) is 5.75 Å². The third kappa shape index (κ3) is 7.48. The second-order valence-corrected chi connectivity index (χ2v) is 15.1. The first-order valence-corrected chi connectivity index (χ1v) is 16.3. The molecule has 3 N–H and O–H groups in total. The maximum absolute atomic E-state index is 14.0. The van der Waals surface area contributed by atoms with Crippen LogP contribution in [0, 0.1) is 17.3 Å². The molecule has 1 aromatic rings. The first-order valence-electron chi connectivity index (χ1n) is 14.0. The molecule has 0 radical (unpaired) electrons. The largest absolute Gasteiger partial charge is 0.493 e. The topological polar surface area (TPSA) is 173 Å². The van der Waals surface area contributed by atoms with E-state index in [2.05, 4.69) is 42.8 Å². The molecule has 15 heteroatoms. The highest BCUT2D eigenvalue weighted by molar-refractivity contribution is 9.10. The van der Waals surface area contributed by atoms with Gasteiger partial charge in [0.2, 0.25) is 21.8 Å². The van der Waals surface area contributed by atoms with Crippen LogP contribution < -0.4 is 20.1 Å². The highest BCUT2D eigenvalue weighted by Crippen LogP contribution is 2.45. The lowest BCUT2D eigenvalue weighted by atomic mass is 9.85. The minimum Gasteiger partial charge on any atom is -0.493 e. The maximum atomic E-state index is 14.0. The summed E-state index contributed by atoms with van der Waals surface area (Å²) in [6, 6.07) is 1.32. The zero-order valence-corrected chi connectivity index (χ0v) is 27.0. The van der Waals surface area contributed by atoms with Gasteiger partial charge in [0.15, 0.2) is 0 Å².